The molecule has 1 fully saturated rings. The quantitative estimate of drug-likeness (QED) is 0.632. The van der Waals surface area contributed by atoms with Crippen LogP contribution in [0.2, 0.25) is 0 Å². The average molecular weight is 393 g/mol. The van der Waals surface area contributed by atoms with Gasteiger partial charge in [-0.3, -0.25) is 4.79 Å². The van der Waals surface area contributed by atoms with Gasteiger partial charge in [-0.1, -0.05) is 18.2 Å². The lowest BCUT2D eigenvalue weighted by Crippen LogP contribution is -2.12. The predicted molar refractivity (Wildman–Crippen MR) is 108 cm³/mol. The number of nitrogens with zero attached hydrogens (tertiary/aromatic N) is 4. The molecular weight excluding hydrogens is 370 g/mol. The van der Waals surface area contributed by atoms with Gasteiger partial charge < -0.3 is 14.8 Å². The first-order chi connectivity index (χ1) is 14.2. The van der Waals surface area contributed by atoms with E-state index in [0.29, 0.717) is 30.4 Å². The molecule has 3 aromatic rings. The monoisotopic (exact) mass is 393 g/mol. The maximum absolute atomic E-state index is 12.4. The number of benzene rings is 2. The van der Waals surface area contributed by atoms with Crippen molar-refractivity contribution in [1.29, 1.82) is 0 Å². The minimum atomic E-state index is -0.0567. The average Bonchev–Trinajstić information content (AvgIpc) is 3.48. The summed E-state index contributed by atoms with van der Waals surface area (Å²) >= 11 is 0. The van der Waals surface area contributed by atoms with Crippen LogP contribution in [0.1, 0.15) is 30.9 Å². The highest BCUT2D eigenvalue weighted by molar-refractivity contribution is 5.91. The van der Waals surface area contributed by atoms with E-state index in [4.69, 9.17) is 9.47 Å². The van der Waals surface area contributed by atoms with Crippen molar-refractivity contribution < 1.29 is 14.3 Å². The minimum Gasteiger partial charge on any atom is -0.493 e. The van der Waals surface area contributed by atoms with Crippen LogP contribution in [0.4, 0.5) is 5.69 Å². The number of rotatable bonds is 8. The van der Waals surface area contributed by atoms with Crippen molar-refractivity contribution in [3.8, 4) is 22.9 Å². The fraction of sp³-hybridized carbons (Fsp3) is 0.333. The number of carbonyl (C=O) groups excluding carboxylic acids is 1. The van der Waals surface area contributed by atoms with E-state index in [0.717, 1.165) is 35.5 Å². The zero-order chi connectivity index (χ0) is 20.2. The first kappa shape index (κ1) is 18.9. The van der Waals surface area contributed by atoms with E-state index in [-0.39, 0.29) is 5.91 Å². The van der Waals surface area contributed by atoms with Gasteiger partial charge in [0, 0.05) is 17.7 Å². The number of anilines is 1. The largest absolute Gasteiger partial charge is 0.493 e. The number of aromatic nitrogens is 4. The Hall–Kier alpha value is -3.42. The highest BCUT2D eigenvalue weighted by Gasteiger charge is 2.28. The van der Waals surface area contributed by atoms with E-state index < -0.39 is 0 Å². The molecule has 1 N–H and O–H groups in total. The van der Waals surface area contributed by atoms with Crippen LogP contribution >= 0.6 is 0 Å². The maximum Gasteiger partial charge on any atom is 0.224 e. The molecule has 0 atom stereocenters. The van der Waals surface area contributed by atoms with Crippen LogP contribution in [0, 0.1) is 0 Å². The Balaban J connectivity index is 1.39. The van der Waals surface area contributed by atoms with Gasteiger partial charge in [-0.15, -0.1) is 5.10 Å². The standard InChI is InChI=1S/C21H23N5O3/c1-28-18-10-6-14(12-19(18)29-2)7-11-20(27)22-16-5-3-4-15(13-16)21-23-24-25-26(21)17-8-9-17/h3-6,10,12-13,17H,7-9,11H2,1-2H3,(H,22,27). The second-order valence-corrected chi connectivity index (χ2v) is 7.00. The first-order valence-corrected chi connectivity index (χ1v) is 9.57. The number of nitrogens with one attached hydrogen (secondary N) is 1. The SMILES string of the molecule is COc1ccc(CCC(=O)Nc2cccc(-c3nnnn3C3CC3)c2)cc1OC. The van der Waals surface area contributed by atoms with Crippen molar-refractivity contribution in [3.05, 3.63) is 48.0 Å². The summed E-state index contributed by atoms with van der Waals surface area (Å²) in [6, 6.07) is 13.7. The Kier molecular flexibility index (Phi) is 5.41. The Labute approximate surface area is 168 Å². The van der Waals surface area contributed by atoms with Crippen LogP contribution in [0.25, 0.3) is 11.4 Å². The summed E-state index contributed by atoms with van der Waals surface area (Å²) in [5.74, 6) is 2.00. The molecule has 1 amide bonds. The van der Waals surface area contributed by atoms with Gasteiger partial charge in [0.05, 0.1) is 20.3 Å². The summed E-state index contributed by atoms with van der Waals surface area (Å²) in [6.45, 7) is 0. The predicted octanol–water partition coefficient (Wildman–Crippen LogP) is 3.26. The number of hydrogen-bond acceptors (Lipinski definition) is 6. The van der Waals surface area contributed by atoms with E-state index >= 15 is 0 Å². The van der Waals surface area contributed by atoms with Crippen LogP contribution in [0.5, 0.6) is 11.5 Å². The van der Waals surface area contributed by atoms with E-state index in [2.05, 4.69) is 20.8 Å². The smallest absolute Gasteiger partial charge is 0.224 e. The van der Waals surface area contributed by atoms with E-state index in [1.54, 1.807) is 14.2 Å². The molecule has 0 aliphatic heterocycles. The number of ether oxygens (including phenoxy) is 2. The van der Waals surface area contributed by atoms with Crippen LogP contribution in [0.15, 0.2) is 42.5 Å². The zero-order valence-electron chi connectivity index (χ0n) is 16.5. The lowest BCUT2D eigenvalue weighted by Gasteiger charge is -2.10. The number of amides is 1. The Morgan fingerprint density at radius 2 is 1.97 bits per heavy atom. The molecule has 0 spiro atoms. The molecule has 4 rings (SSSR count). The number of aryl methyl sites for hydroxylation is 1. The van der Waals surface area contributed by atoms with Crippen LogP contribution in [-0.4, -0.2) is 40.3 Å². The third kappa shape index (κ3) is 4.37. The molecule has 2 aromatic carbocycles. The van der Waals surface area contributed by atoms with Gasteiger partial charge in [-0.2, -0.15) is 0 Å². The summed E-state index contributed by atoms with van der Waals surface area (Å²) in [5, 5.41) is 15.0. The van der Waals surface area contributed by atoms with Crippen molar-refractivity contribution in [2.24, 2.45) is 0 Å². The topological polar surface area (TPSA) is 91.2 Å². The second kappa shape index (κ2) is 8.30. The van der Waals surface area contributed by atoms with Crippen molar-refractivity contribution in [2.45, 2.75) is 31.7 Å². The van der Waals surface area contributed by atoms with Crippen molar-refractivity contribution in [2.75, 3.05) is 19.5 Å². The number of hydrogen-bond donors (Lipinski definition) is 1. The first-order valence-electron chi connectivity index (χ1n) is 9.57. The van der Waals surface area contributed by atoms with E-state index in [1.165, 1.54) is 0 Å². The lowest BCUT2D eigenvalue weighted by molar-refractivity contribution is -0.116. The van der Waals surface area contributed by atoms with Crippen molar-refractivity contribution in [1.82, 2.24) is 20.2 Å². The molecule has 8 nitrogen and oxygen atoms in total. The van der Waals surface area contributed by atoms with Crippen molar-refractivity contribution in [3.63, 3.8) is 0 Å². The zero-order valence-corrected chi connectivity index (χ0v) is 16.5. The molecule has 0 saturated heterocycles. The Morgan fingerprint density at radius 3 is 2.72 bits per heavy atom. The maximum atomic E-state index is 12.4. The molecule has 1 heterocycles. The molecule has 0 unspecified atom stereocenters. The highest BCUT2D eigenvalue weighted by atomic mass is 16.5. The van der Waals surface area contributed by atoms with E-state index in [9.17, 15) is 4.79 Å². The van der Waals surface area contributed by atoms with Gasteiger partial charge in [-0.05, 0) is 59.5 Å². The van der Waals surface area contributed by atoms with E-state index in [1.807, 2.05) is 47.1 Å². The summed E-state index contributed by atoms with van der Waals surface area (Å²) in [7, 11) is 3.20. The van der Waals surface area contributed by atoms with Gasteiger partial charge in [0.2, 0.25) is 5.91 Å². The Morgan fingerprint density at radius 1 is 1.14 bits per heavy atom. The molecule has 1 aromatic heterocycles. The highest BCUT2D eigenvalue weighted by Crippen LogP contribution is 2.36. The second-order valence-electron chi connectivity index (χ2n) is 7.00. The van der Waals surface area contributed by atoms with Crippen LogP contribution in [0.3, 0.4) is 0 Å². The summed E-state index contributed by atoms with van der Waals surface area (Å²) in [5.41, 5.74) is 2.62. The van der Waals surface area contributed by atoms with Gasteiger partial charge in [-0.25, -0.2) is 4.68 Å². The molecule has 1 aliphatic carbocycles. The lowest BCUT2D eigenvalue weighted by atomic mass is 10.1. The van der Waals surface area contributed by atoms with Gasteiger partial charge in [0.25, 0.3) is 0 Å². The number of methoxy groups -OCH3 is 2. The summed E-state index contributed by atoms with van der Waals surface area (Å²) < 4.78 is 12.4. The van der Waals surface area contributed by atoms with Crippen molar-refractivity contribution >= 4 is 11.6 Å². The molecule has 0 bridgehead atoms. The molecule has 1 aliphatic rings. The normalized spacial score (nSPS) is 13.2. The van der Waals surface area contributed by atoms with Gasteiger partial charge in [0.1, 0.15) is 0 Å². The molecule has 0 radical (unpaired) electrons. The van der Waals surface area contributed by atoms with Gasteiger partial charge >= 0.3 is 0 Å². The molecular formula is C21H23N5O3. The third-order valence-corrected chi connectivity index (χ3v) is 4.88. The van der Waals surface area contributed by atoms with Crippen LogP contribution < -0.4 is 14.8 Å². The summed E-state index contributed by atoms with van der Waals surface area (Å²) in [4.78, 5) is 12.4. The number of carbonyl (C=O) groups is 1. The molecule has 8 heteroatoms. The van der Waals surface area contributed by atoms with Crippen LogP contribution in [-0.2, 0) is 11.2 Å². The fourth-order valence-electron chi connectivity index (χ4n) is 3.20. The minimum absolute atomic E-state index is 0.0567. The molecule has 29 heavy (non-hydrogen) atoms. The number of tetrazole rings is 1. The third-order valence-electron chi connectivity index (χ3n) is 4.88. The van der Waals surface area contributed by atoms with Gasteiger partial charge in [0.15, 0.2) is 17.3 Å². The molecule has 150 valence electrons. The molecule has 1 saturated carbocycles. The fourth-order valence-corrected chi connectivity index (χ4v) is 3.20. The Bertz CT molecular complexity index is 1010. The summed E-state index contributed by atoms with van der Waals surface area (Å²) in [6.07, 6.45) is 3.17.